The number of Topliss-reactive ketones (excluding diaryl/α,β-unsaturated/α-hetero) is 2. The molecule has 682 valence electrons. The summed E-state index contributed by atoms with van der Waals surface area (Å²) in [4.78, 5) is 131. The van der Waals surface area contributed by atoms with Gasteiger partial charge in [-0.25, -0.2) is 19.2 Å². The summed E-state index contributed by atoms with van der Waals surface area (Å²) < 4.78 is 18.1. The average molecular weight is 1810 g/mol. The fourth-order valence-electron chi connectivity index (χ4n) is 11.6. The highest BCUT2D eigenvalue weighted by Crippen LogP contribution is 2.32. The van der Waals surface area contributed by atoms with Crippen molar-refractivity contribution in [2.75, 3.05) is 39.9 Å². The highest BCUT2D eigenvalue weighted by atomic mass is 16.5. The second-order valence-electron chi connectivity index (χ2n) is 28.1. The van der Waals surface area contributed by atoms with Gasteiger partial charge in [-0.05, 0) is 246 Å². The molecule has 11 N–H and O–H groups in total. The molecule has 33 heteroatoms. The highest BCUT2D eigenvalue weighted by Gasteiger charge is 2.38. The molecular formula is C101H94N14O19. The van der Waals surface area contributed by atoms with Crippen LogP contribution in [-0.4, -0.2) is 108 Å². The molecule has 33 nitrogen and oxygen atoms in total. The van der Waals surface area contributed by atoms with E-state index in [9.17, 15) is 43.3 Å². The number of aryl methyl sites for hydroxylation is 1. The first-order valence-electron chi connectivity index (χ1n) is 40.5. The number of aliphatic carboxylic acids is 1. The molecule has 13 aromatic carbocycles. The van der Waals surface area contributed by atoms with Gasteiger partial charge in [0, 0.05) is 42.5 Å². The number of nitrogen functional groups attached to an aromatic ring is 2. The van der Waals surface area contributed by atoms with E-state index in [1.54, 1.807) is 170 Å². The van der Waals surface area contributed by atoms with Crippen molar-refractivity contribution >= 4 is 122 Å². The highest BCUT2D eigenvalue weighted by molar-refractivity contribution is 6.26. The number of esters is 4. The number of methoxy groups -OCH3 is 4. The number of rotatable bonds is 21. The number of carbonyl (C=O) groups is 9. The van der Waals surface area contributed by atoms with E-state index in [1.807, 2.05) is 128 Å². The second-order valence-corrected chi connectivity index (χ2v) is 28.1. The summed E-state index contributed by atoms with van der Waals surface area (Å²) in [7, 11) is 5.35. The van der Waals surface area contributed by atoms with E-state index in [4.69, 9.17) is 52.6 Å². The van der Waals surface area contributed by atoms with Gasteiger partial charge in [0.05, 0.1) is 133 Å². The fourth-order valence-corrected chi connectivity index (χ4v) is 11.6. The predicted octanol–water partition coefficient (Wildman–Crippen LogP) is 19.9. The maximum Gasteiger partial charge on any atom is 0.373 e. The summed E-state index contributed by atoms with van der Waals surface area (Å²) in [6, 6.07) is 91.7. The SMILES string of the molecule is CC(=O)O.COC(=O)c1ccc(N)cc1.COC(=O)c1ccc(N)cc1.COC(=O)c1ccc(N=Nc2ccc(C)cc2)cc1.COC(=O)c1ccc(N=O)cc1.NCc1ccc(N=Nc2ccc(CN)cc2)cc1.O=C1c2ccccc2C(=O)C1Cc1ccc(N=Nc2ccc(CN3C(=O)c4ccccc4C3=O)cc2)cc1.O=C=O.OCc1ccc(N=Nc2ccc(CO)cc2)cc1. The van der Waals surface area contributed by atoms with Crippen molar-refractivity contribution in [2.45, 2.75) is 53.1 Å². The number of ether oxygens (including phenoxy) is 4. The molecule has 15 rings (SSSR count). The van der Waals surface area contributed by atoms with Gasteiger partial charge < -0.3 is 57.2 Å². The normalized spacial score (nSPS) is 11.3. The number of nitroso groups, excluding NO2 is 1. The molecule has 0 unspecified atom stereocenters. The first kappa shape index (κ1) is 104. The van der Waals surface area contributed by atoms with Crippen LogP contribution in [-0.2, 0) is 72.6 Å². The Morgan fingerprint density at radius 2 is 0.567 bits per heavy atom. The molecule has 2 aliphatic rings. The summed E-state index contributed by atoms with van der Waals surface area (Å²) in [5.41, 5.74) is 39.8. The monoisotopic (exact) mass is 1810 g/mol. The van der Waals surface area contributed by atoms with Crippen molar-refractivity contribution in [2.24, 2.45) is 63.5 Å². The number of benzene rings is 13. The minimum atomic E-state index is -0.833. The molecule has 134 heavy (non-hydrogen) atoms. The summed E-state index contributed by atoms with van der Waals surface area (Å²) in [5, 5.41) is 61.2. The molecule has 13 aromatic rings. The van der Waals surface area contributed by atoms with E-state index < -0.39 is 17.9 Å². The van der Waals surface area contributed by atoms with Gasteiger partial charge in [0.2, 0.25) is 0 Å². The predicted molar refractivity (Wildman–Crippen MR) is 501 cm³/mol. The van der Waals surface area contributed by atoms with Crippen LogP contribution in [0.2, 0.25) is 0 Å². The van der Waals surface area contributed by atoms with Crippen molar-refractivity contribution in [1.82, 2.24) is 4.90 Å². The van der Waals surface area contributed by atoms with Gasteiger partial charge in [-0.15, -0.1) is 4.91 Å². The largest absolute Gasteiger partial charge is 0.481 e. The van der Waals surface area contributed by atoms with E-state index >= 15 is 0 Å². The maximum absolute atomic E-state index is 12.7. The number of ketones is 2. The maximum atomic E-state index is 12.7. The summed E-state index contributed by atoms with van der Waals surface area (Å²) >= 11 is 0. The number of nitrogens with zero attached hydrogens (tertiary/aromatic N) is 10. The van der Waals surface area contributed by atoms with E-state index in [0.717, 1.165) is 68.7 Å². The number of anilines is 2. The lowest BCUT2D eigenvalue weighted by atomic mass is 9.95. The Morgan fingerprint density at radius 3 is 0.821 bits per heavy atom. The lowest BCUT2D eigenvalue weighted by Gasteiger charge is -2.13. The van der Waals surface area contributed by atoms with Gasteiger partial charge in [-0.3, -0.25) is 28.9 Å². The van der Waals surface area contributed by atoms with Crippen molar-refractivity contribution in [3.63, 3.8) is 0 Å². The van der Waals surface area contributed by atoms with Crippen molar-refractivity contribution in [3.05, 3.63) is 404 Å². The van der Waals surface area contributed by atoms with Gasteiger partial charge in [-0.2, -0.15) is 50.5 Å². The number of imide groups is 1. The van der Waals surface area contributed by atoms with Crippen molar-refractivity contribution in [3.8, 4) is 0 Å². The molecule has 1 heterocycles. The Bertz CT molecular complexity index is 5770. The van der Waals surface area contributed by atoms with Gasteiger partial charge in [-0.1, -0.05) is 127 Å². The third kappa shape index (κ3) is 33.9. The first-order chi connectivity index (χ1) is 64.7. The molecule has 0 radical (unpaired) electrons. The van der Waals surface area contributed by atoms with Gasteiger partial charge >= 0.3 is 30.0 Å². The Hall–Kier alpha value is -17.5. The van der Waals surface area contributed by atoms with E-state index in [-0.39, 0.29) is 67.2 Å². The van der Waals surface area contributed by atoms with Crippen LogP contribution in [0.3, 0.4) is 0 Å². The molecule has 0 bridgehead atoms. The summed E-state index contributed by atoms with van der Waals surface area (Å²) in [5.74, 6) is -3.81. The molecule has 0 saturated heterocycles. The van der Waals surface area contributed by atoms with Gasteiger partial charge in [0.1, 0.15) is 5.69 Å². The first-order valence-corrected chi connectivity index (χ1v) is 40.5. The van der Waals surface area contributed by atoms with Crippen LogP contribution < -0.4 is 22.9 Å². The van der Waals surface area contributed by atoms with Crippen LogP contribution in [0, 0.1) is 17.7 Å². The number of hydrogen-bond acceptors (Lipinski definition) is 31. The van der Waals surface area contributed by atoms with Crippen LogP contribution >= 0.6 is 0 Å². The van der Waals surface area contributed by atoms with E-state index in [1.165, 1.54) is 63.2 Å². The Balaban J connectivity index is 0.000000221. The molecule has 2 amide bonds. The zero-order valence-electron chi connectivity index (χ0n) is 73.5. The number of carboxylic acid groups (broad SMARTS) is 1. The summed E-state index contributed by atoms with van der Waals surface area (Å²) in [6.45, 7) is 4.42. The minimum absolute atomic E-state index is 0.0278. The van der Waals surface area contributed by atoms with Crippen LogP contribution in [0.25, 0.3) is 0 Å². The lowest BCUT2D eigenvalue weighted by Crippen LogP contribution is -2.29. The molecule has 0 spiro atoms. The Labute approximate surface area is 770 Å². The number of azo groups is 4. The Kier molecular flexibility index (Phi) is 42.7. The number of hydrogen-bond donors (Lipinski definition) is 7. The molecule has 1 aliphatic heterocycles. The topological polar surface area (TPSA) is 521 Å². The molecule has 0 atom stereocenters. The standard InChI is InChI=1S/C31H21N3O4.C15H14N2O2.C14H16N4.C14H14N2O2.C8H7NO3.2C8H9NO2.C2H4O2.CO2/c35-28-23-5-1-2-6-24(23)29(36)27(28)17-19-9-13-21(14-10-19)32-33-22-15-11-20(12-16-22)18-34-30(37)25-7-3-4-8-26(25)31(34)38;1-11-3-7-13(8-4-11)16-17-14-9-5-12(6-10-14)15(18)19-2;15-9-11-1-5-13(6-2-11)17-18-14-7-3-12(10-16)4-8-14;17-9-11-1-5-13(6-2-11)15-16-14-7-3-12(10-18)4-8-14;1-12-8(10)6-2-4-7(9-11)5-3-6;2*1-11-8(10)6-2-4-7(9)5-3-6;1-2(3)4;2-1-3/h1-16,27H,17-18H2;3-10H,1-2H3;1-8H,9-10,15-16H2;1-8,17-18H,9-10H2;2-5H,1H3;2*2-5H,9H2,1H3;1H3,(H,3,4);. The van der Waals surface area contributed by atoms with Gasteiger partial charge in [0.15, 0.2) is 11.6 Å². The molecule has 0 aromatic heterocycles. The number of nitrogens with two attached hydrogens (primary N) is 4. The van der Waals surface area contributed by atoms with Crippen LogP contribution in [0.1, 0.15) is 129 Å². The van der Waals surface area contributed by atoms with Gasteiger partial charge in [0.25, 0.3) is 17.8 Å². The average Bonchev–Trinajstić information content (AvgIpc) is 1.64. The third-order valence-corrected chi connectivity index (χ3v) is 18.7. The minimum Gasteiger partial charge on any atom is -0.481 e. The van der Waals surface area contributed by atoms with E-state index in [0.29, 0.717) is 98.1 Å². The molecule has 0 saturated carbocycles. The second kappa shape index (κ2) is 55.3. The zero-order valence-corrected chi connectivity index (χ0v) is 73.5. The number of carboxylic acids is 1. The lowest BCUT2D eigenvalue weighted by molar-refractivity contribution is -0.191. The summed E-state index contributed by atoms with van der Waals surface area (Å²) in [6.07, 6.45) is 0.596. The third-order valence-electron chi connectivity index (χ3n) is 18.7. The van der Waals surface area contributed by atoms with Crippen LogP contribution in [0.5, 0.6) is 0 Å². The zero-order chi connectivity index (χ0) is 97.3. The molecule has 0 fully saturated rings. The Morgan fingerprint density at radius 1 is 0.343 bits per heavy atom. The number of amides is 2. The molecular weight excluding hydrogens is 1710 g/mol. The fraction of sp³-hybridized carbons (Fsp3) is 0.129. The van der Waals surface area contributed by atoms with E-state index in [2.05, 4.69) is 65.0 Å². The quantitative estimate of drug-likeness (QED) is 0.00668. The number of aliphatic hydroxyl groups is 2. The van der Waals surface area contributed by atoms with Crippen LogP contribution in [0.4, 0.5) is 62.6 Å². The number of aliphatic hydroxyl groups excluding tert-OH is 2. The molecule has 1 aliphatic carbocycles. The van der Waals surface area contributed by atoms with Crippen molar-refractivity contribution < 1.29 is 87.0 Å². The number of carbonyl (C=O) groups excluding carboxylic acids is 10. The van der Waals surface area contributed by atoms with Crippen LogP contribution in [0.15, 0.2) is 362 Å². The number of fused-ring (bicyclic) bond motifs is 2. The smallest absolute Gasteiger partial charge is 0.373 e. The van der Waals surface area contributed by atoms with Crippen molar-refractivity contribution in [1.29, 1.82) is 0 Å².